The van der Waals surface area contributed by atoms with Crippen LogP contribution in [0, 0.1) is 0 Å². The number of esters is 1. The highest BCUT2D eigenvalue weighted by molar-refractivity contribution is 5.75. The minimum absolute atomic E-state index is 0.0156. The molecule has 0 aromatic heterocycles. The van der Waals surface area contributed by atoms with Crippen LogP contribution in [0.2, 0.25) is 0 Å². The molecule has 0 rings (SSSR count). The number of hydrogen-bond acceptors (Lipinski definition) is 3. The second-order valence-electron chi connectivity index (χ2n) is 3.98. The van der Waals surface area contributed by atoms with Gasteiger partial charge in [0.1, 0.15) is 6.61 Å². The van der Waals surface area contributed by atoms with E-state index < -0.39 is 0 Å². The van der Waals surface area contributed by atoms with Crippen LogP contribution < -0.4 is 11.5 Å². The van der Waals surface area contributed by atoms with Gasteiger partial charge in [0.2, 0.25) is 0 Å². The summed E-state index contributed by atoms with van der Waals surface area (Å²) in [6.45, 7) is 9.98. The van der Waals surface area contributed by atoms with Crippen molar-refractivity contribution in [1.29, 1.82) is 0 Å². The Balaban J connectivity index is 4.03. The molecule has 0 spiro atoms. The third-order valence-corrected chi connectivity index (χ3v) is 3.13. The number of hydrogen-bond donors (Lipinski definition) is 2. The number of carbonyl (C=O) groups is 1. The molecule has 100 valence electrons. The lowest BCUT2D eigenvalue weighted by molar-refractivity contribution is -0.916. The van der Waals surface area contributed by atoms with Gasteiger partial charge < -0.3 is 20.7 Å². The highest BCUT2D eigenvalue weighted by Gasteiger charge is 2.25. The van der Waals surface area contributed by atoms with Crippen molar-refractivity contribution in [3.05, 3.63) is 0 Å². The molecule has 0 atom stereocenters. The second kappa shape index (κ2) is 7.89. The summed E-state index contributed by atoms with van der Waals surface area (Å²) in [4.78, 5) is 15.4. The van der Waals surface area contributed by atoms with Crippen molar-refractivity contribution in [2.75, 3.05) is 39.3 Å². The van der Waals surface area contributed by atoms with Gasteiger partial charge in [-0.05, 0) is 20.8 Å². The summed E-state index contributed by atoms with van der Waals surface area (Å²) in [6, 6.07) is 0. The van der Waals surface area contributed by atoms with Crippen LogP contribution in [-0.4, -0.2) is 55.7 Å². The highest BCUT2D eigenvalue weighted by Crippen LogP contribution is 2.05. The number of carbonyl (C=O) groups excluding carboxylic acids is 1. The number of guanidine groups is 1. The normalized spacial score (nSPS) is 11.0. The predicted octanol–water partition coefficient (Wildman–Crippen LogP) is -0.320. The molecule has 0 radical (unpaired) electrons. The standard InChI is InChI=1S/C11H25N4O2/c1-4-15(5-2,6-3)9-10(16)17-8-7-14-11(12)13/h4-9H2,1-3H3,(H4,12,13,14)/q+1. The third kappa shape index (κ3) is 6.11. The Labute approximate surface area is 103 Å². The van der Waals surface area contributed by atoms with E-state index in [9.17, 15) is 4.79 Å². The average molecular weight is 245 g/mol. The number of ether oxygens (including phenoxy) is 1. The van der Waals surface area contributed by atoms with E-state index >= 15 is 0 Å². The van der Waals surface area contributed by atoms with Crippen molar-refractivity contribution in [3.8, 4) is 0 Å². The van der Waals surface area contributed by atoms with E-state index in [1.54, 1.807) is 0 Å². The SMILES string of the molecule is CC[N+](CC)(CC)CC(=O)OCCN=C(N)N. The van der Waals surface area contributed by atoms with Gasteiger partial charge in [0, 0.05) is 0 Å². The largest absolute Gasteiger partial charge is 0.460 e. The topological polar surface area (TPSA) is 90.7 Å². The van der Waals surface area contributed by atoms with E-state index in [0.717, 1.165) is 24.1 Å². The lowest BCUT2D eigenvalue weighted by Gasteiger charge is -2.34. The first kappa shape index (κ1) is 15.7. The van der Waals surface area contributed by atoms with Crippen molar-refractivity contribution in [2.45, 2.75) is 20.8 Å². The van der Waals surface area contributed by atoms with Gasteiger partial charge in [0.05, 0.1) is 26.2 Å². The van der Waals surface area contributed by atoms with Crippen LogP contribution in [0.1, 0.15) is 20.8 Å². The van der Waals surface area contributed by atoms with Crippen molar-refractivity contribution >= 4 is 11.9 Å². The fourth-order valence-corrected chi connectivity index (χ4v) is 1.66. The van der Waals surface area contributed by atoms with Gasteiger partial charge >= 0.3 is 5.97 Å². The Hall–Kier alpha value is -1.30. The number of nitrogens with zero attached hydrogens (tertiary/aromatic N) is 2. The van der Waals surface area contributed by atoms with Gasteiger partial charge in [0.15, 0.2) is 12.5 Å². The lowest BCUT2D eigenvalue weighted by atomic mass is 10.3. The van der Waals surface area contributed by atoms with Gasteiger partial charge in [-0.25, -0.2) is 4.79 Å². The maximum absolute atomic E-state index is 11.6. The van der Waals surface area contributed by atoms with Gasteiger partial charge in [-0.3, -0.25) is 4.99 Å². The summed E-state index contributed by atoms with van der Waals surface area (Å²) in [6.07, 6.45) is 0. The molecule has 0 saturated heterocycles. The molecule has 6 nitrogen and oxygen atoms in total. The molecule has 0 amide bonds. The second-order valence-corrected chi connectivity index (χ2v) is 3.98. The highest BCUT2D eigenvalue weighted by atomic mass is 16.5. The number of aliphatic imine (C=N–C) groups is 1. The van der Waals surface area contributed by atoms with Crippen molar-refractivity contribution in [1.82, 2.24) is 0 Å². The average Bonchev–Trinajstić information content (AvgIpc) is 2.32. The van der Waals surface area contributed by atoms with Gasteiger partial charge in [0.25, 0.3) is 0 Å². The van der Waals surface area contributed by atoms with E-state index in [4.69, 9.17) is 16.2 Å². The molecule has 0 unspecified atom stereocenters. The Bertz CT molecular complexity index is 250. The Morgan fingerprint density at radius 1 is 1.18 bits per heavy atom. The molecule has 0 aromatic rings. The van der Waals surface area contributed by atoms with Gasteiger partial charge in [-0.2, -0.15) is 0 Å². The van der Waals surface area contributed by atoms with E-state index in [2.05, 4.69) is 25.8 Å². The fraction of sp³-hybridized carbons (Fsp3) is 0.818. The van der Waals surface area contributed by atoms with Crippen LogP contribution >= 0.6 is 0 Å². The summed E-state index contributed by atoms with van der Waals surface area (Å²) in [7, 11) is 0. The van der Waals surface area contributed by atoms with Crippen LogP contribution in [0.5, 0.6) is 0 Å². The molecule has 0 bridgehead atoms. The molecule has 0 heterocycles. The van der Waals surface area contributed by atoms with E-state index in [-0.39, 0.29) is 18.5 Å². The van der Waals surface area contributed by atoms with E-state index in [1.807, 2.05) is 0 Å². The predicted molar refractivity (Wildman–Crippen MR) is 68.4 cm³/mol. The summed E-state index contributed by atoms with van der Waals surface area (Å²) in [5.41, 5.74) is 10.3. The molecule has 0 aliphatic rings. The Kier molecular flexibility index (Phi) is 7.29. The molecule has 0 aliphatic heterocycles. The summed E-state index contributed by atoms with van der Waals surface area (Å²) in [5, 5.41) is 0. The smallest absolute Gasteiger partial charge is 0.361 e. The minimum atomic E-state index is -0.193. The Morgan fingerprint density at radius 2 is 1.71 bits per heavy atom. The van der Waals surface area contributed by atoms with Gasteiger partial charge in [-0.15, -0.1) is 0 Å². The van der Waals surface area contributed by atoms with Crippen LogP contribution in [0.4, 0.5) is 0 Å². The molecular weight excluding hydrogens is 220 g/mol. The zero-order valence-corrected chi connectivity index (χ0v) is 11.1. The number of likely N-dealkylation sites (N-methyl/N-ethyl adjacent to an activating group) is 1. The quantitative estimate of drug-likeness (QED) is 0.202. The van der Waals surface area contributed by atoms with Crippen molar-refractivity contribution in [3.63, 3.8) is 0 Å². The molecule has 17 heavy (non-hydrogen) atoms. The maximum atomic E-state index is 11.6. The van der Waals surface area contributed by atoms with E-state index in [0.29, 0.717) is 13.1 Å². The monoisotopic (exact) mass is 245 g/mol. The number of rotatable bonds is 8. The lowest BCUT2D eigenvalue weighted by Crippen LogP contribution is -2.51. The zero-order valence-electron chi connectivity index (χ0n) is 11.1. The maximum Gasteiger partial charge on any atom is 0.361 e. The van der Waals surface area contributed by atoms with Crippen LogP contribution in [0.3, 0.4) is 0 Å². The molecule has 0 saturated carbocycles. The molecule has 4 N–H and O–H groups in total. The number of nitrogens with two attached hydrogens (primary N) is 2. The minimum Gasteiger partial charge on any atom is -0.460 e. The summed E-state index contributed by atoms with van der Waals surface area (Å²) < 4.78 is 5.83. The van der Waals surface area contributed by atoms with Crippen LogP contribution in [-0.2, 0) is 9.53 Å². The van der Waals surface area contributed by atoms with Crippen molar-refractivity contribution in [2.24, 2.45) is 16.5 Å². The Morgan fingerprint density at radius 3 is 2.12 bits per heavy atom. The molecule has 0 fully saturated rings. The van der Waals surface area contributed by atoms with Gasteiger partial charge in [-0.1, -0.05) is 0 Å². The zero-order chi connectivity index (χ0) is 13.3. The first-order chi connectivity index (χ1) is 7.99. The van der Waals surface area contributed by atoms with Crippen molar-refractivity contribution < 1.29 is 14.0 Å². The molecule has 6 heteroatoms. The molecule has 0 aliphatic carbocycles. The first-order valence-corrected chi connectivity index (χ1v) is 6.05. The number of quaternary nitrogens is 1. The van der Waals surface area contributed by atoms with E-state index in [1.165, 1.54) is 0 Å². The fourth-order valence-electron chi connectivity index (χ4n) is 1.66. The summed E-state index contributed by atoms with van der Waals surface area (Å²) >= 11 is 0. The van der Waals surface area contributed by atoms with Crippen LogP contribution in [0.25, 0.3) is 0 Å². The molecular formula is C11H25N4O2+. The van der Waals surface area contributed by atoms with Crippen LogP contribution in [0.15, 0.2) is 4.99 Å². The first-order valence-electron chi connectivity index (χ1n) is 6.05. The third-order valence-electron chi connectivity index (χ3n) is 3.13. The molecule has 0 aromatic carbocycles. The summed E-state index contributed by atoms with van der Waals surface area (Å²) in [5.74, 6) is -0.178.